The Hall–Kier alpha value is -2.30. The van der Waals surface area contributed by atoms with Crippen molar-refractivity contribution >= 4 is 17.5 Å². The summed E-state index contributed by atoms with van der Waals surface area (Å²) in [4.78, 5) is 11.6. The predicted octanol–water partition coefficient (Wildman–Crippen LogP) is 1.47. The smallest absolute Gasteiger partial charge is 0.226 e. The number of aromatic amines is 1. The van der Waals surface area contributed by atoms with Crippen LogP contribution in [0, 0.1) is 0 Å². The van der Waals surface area contributed by atoms with Crippen LogP contribution < -0.4 is 11.1 Å². The molecule has 4 N–H and O–H groups in total. The van der Waals surface area contributed by atoms with Gasteiger partial charge in [-0.05, 0) is 5.56 Å². The summed E-state index contributed by atoms with van der Waals surface area (Å²) in [5, 5.41) is 9.43. The molecule has 0 fully saturated rings. The minimum absolute atomic E-state index is 0.0151. The zero-order valence-corrected chi connectivity index (χ0v) is 9.10. The van der Waals surface area contributed by atoms with Crippen molar-refractivity contribution in [2.75, 3.05) is 11.1 Å². The number of hydrogen-bond donors (Lipinski definition) is 3. The molecule has 0 saturated carbocycles. The van der Waals surface area contributed by atoms with Gasteiger partial charge >= 0.3 is 0 Å². The van der Waals surface area contributed by atoms with Crippen molar-refractivity contribution in [1.29, 1.82) is 0 Å². The molecular weight excluding hydrogens is 216 g/mol. The third kappa shape index (κ3) is 1.56. The molecule has 0 spiro atoms. The lowest BCUT2D eigenvalue weighted by molar-refractivity contribution is -0.116. The zero-order chi connectivity index (χ0) is 11.8. The molecule has 2 heterocycles. The number of hydrogen-bond acceptors (Lipinski definition) is 3. The maximum atomic E-state index is 11.6. The third-order valence-electron chi connectivity index (χ3n) is 3.03. The molecule has 1 aliphatic heterocycles. The first kappa shape index (κ1) is 9.89. The van der Waals surface area contributed by atoms with E-state index in [1.54, 1.807) is 0 Å². The van der Waals surface area contributed by atoms with Gasteiger partial charge in [0.25, 0.3) is 0 Å². The molecule has 0 aliphatic carbocycles. The van der Waals surface area contributed by atoms with Gasteiger partial charge in [-0.2, -0.15) is 5.10 Å². The molecule has 17 heavy (non-hydrogen) atoms. The standard InChI is InChI=1S/C12H12N4O/c13-11-10-8(7-4-2-1-3-5-7)6-9(17)14-12(10)16-15-11/h1-5,8H,6H2,(H4,13,14,15,16,17). The van der Waals surface area contributed by atoms with Crippen molar-refractivity contribution in [2.24, 2.45) is 0 Å². The monoisotopic (exact) mass is 228 g/mol. The van der Waals surface area contributed by atoms with Gasteiger partial charge in [0.15, 0.2) is 5.82 Å². The molecule has 2 aromatic rings. The van der Waals surface area contributed by atoms with Crippen LogP contribution in [0.1, 0.15) is 23.5 Å². The van der Waals surface area contributed by atoms with Crippen LogP contribution in [0.5, 0.6) is 0 Å². The topological polar surface area (TPSA) is 83.8 Å². The second-order valence-corrected chi connectivity index (χ2v) is 4.12. The lowest BCUT2D eigenvalue weighted by Gasteiger charge is -2.22. The summed E-state index contributed by atoms with van der Waals surface area (Å²) in [5.41, 5.74) is 7.83. The number of aromatic nitrogens is 2. The van der Waals surface area contributed by atoms with E-state index in [1.165, 1.54) is 0 Å². The summed E-state index contributed by atoms with van der Waals surface area (Å²) in [7, 11) is 0. The van der Waals surface area contributed by atoms with Gasteiger partial charge < -0.3 is 11.1 Å². The predicted molar refractivity (Wildman–Crippen MR) is 64.5 cm³/mol. The first-order valence-corrected chi connectivity index (χ1v) is 5.44. The average Bonchev–Trinajstić information content (AvgIpc) is 2.71. The molecule has 86 valence electrons. The molecule has 1 aliphatic rings. The number of rotatable bonds is 1. The van der Waals surface area contributed by atoms with Crippen molar-refractivity contribution in [3.63, 3.8) is 0 Å². The lowest BCUT2D eigenvalue weighted by atomic mass is 9.87. The molecule has 5 nitrogen and oxygen atoms in total. The van der Waals surface area contributed by atoms with E-state index in [0.29, 0.717) is 18.1 Å². The van der Waals surface area contributed by atoms with Crippen LogP contribution in [0.2, 0.25) is 0 Å². The number of benzene rings is 1. The Bertz CT molecular complexity index is 561. The molecule has 1 amide bonds. The summed E-state index contributed by atoms with van der Waals surface area (Å²) in [5.74, 6) is 1.03. The molecule has 1 aromatic heterocycles. The molecule has 0 saturated heterocycles. The van der Waals surface area contributed by atoms with Gasteiger partial charge in [0.1, 0.15) is 5.82 Å². The summed E-state index contributed by atoms with van der Waals surface area (Å²) >= 11 is 0. The Kier molecular flexibility index (Phi) is 2.11. The average molecular weight is 228 g/mol. The normalized spacial score (nSPS) is 18.6. The van der Waals surface area contributed by atoms with Crippen LogP contribution in [0.15, 0.2) is 30.3 Å². The zero-order valence-electron chi connectivity index (χ0n) is 9.10. The summed E-state index contributed by atoms with van der Waals surface area (Å²) in [6, 6.07) is 9.86. The second kappa shape index (κ2) is 3.62. The van der Waals surface area contributed by atoms with Gasteiger partial charge in [0, 0.05) is 17.9 Å². The first-order chi connectivity index (χ1) is 8.25. The maximum absolute atomic E-state index is 11.6. The van der Waals surface area contributed by atoms with Gasteiger partial charge in [-0.25, -0.2) is 0 Å². The van der Waals surface area contributed by atoms with Gasteiger partial charge in [-0.1, -0.05) is 30.3 Å². The van der Waals surface area contributed by atoms with E-state index in [4.69, 9.17) is 5.73 Å². The fourth-order valence-corrected chi connectivity index (χ4v) is 2.25. The van der Waals surface area contributed by atoms with Crippen molar-refractivity contribution in [3.05, 3.63) is 41.5 Å². The number of H-pyrrole nitrogens is 1. The Balaban J connectivity index is 2.12. The quantitative estimate of drug-likeness (QED) is 0.691. The molecule has 1 unspecified atom stereocenters. The van der Waals surface area contributed by atoms with Crippen LogP contribution in [0.3, 0.4) is 0 Å². The number of nitrogens with zero attached hydrogens (tertiary/aromatic N) is 1. The van der Waals surface area contributed by atoms with Crippen molar-refractivity contribution < 1.29 is 4.79 Å². The number of carbonyl (C=O) groups excluding carboxylic acids is 1. The van der Waals surface area contributed by atoms with Gasteiger partial charge in [-0.15, -0.1) is 0 Å². The third-order valence-corrected chi connectivity index (χ3v) is 3.03. The molecule has 3 rings (SSSR count). The lowest BCUT2D eigenvalue weighted by Crippen LogP contribution is -2.23. The van der Waals surface area contributed by atoms with E-state index in [2.05, 4.69) is 15.5 Å². The van der Waals surface area contributed by atoms with Crippen LogP contribution in [-0.4, -0.2) is 16.1 Å². The van der Waals surface area contributed by atoms with E-state index in [1.807, 2.05) is 30.3 Å². The van der Waals surface area contributed by atoms with Gasteiger partial charge in [0.05, 0.1) is 0 Å². The number of nitrogens with one attached hydrogen (secondary N) is 2. The van der Waals surface area contributed by atoms with Crippen LogP contribution in [-0.2, 0) is 4.79 Å². The SMILES string of the molecule is Nc1[nH]nc2c1C(c1ccccc1)CC(=O)N2. The Morgan fingerprint density at radius 3 is 2.82 bits per heavy atom. The van der Waals surface area contributed by atoms with E-state index in [-0.39, 0.29) is 11.8 Å². The minimum atomic E-state index is -0.0298. The van der Waals surface area contributed by atoms with Crippen molar-refractivity contribution in [2.45, 2.75) is 12.3 Å². The summed E-state index contributed by atoms with van der Waals surface area (Å²) in [6.07, 6.45) is 0.404. The number of fused-ring (bicyclic) bond motifs is 1. The van der Waals surface area contributed by atoms with E-state index >= 15 is 0 Å². The number of amides is 1. The largest absolute Gasteiger partial charge is 0.384 e. The highest BCUT2D eigenvalue weighted by Crippen LogP contribution is 2.38. The minimum Gasteiger partial charge on any atom is -0.384 e. The van der Waals surface area contributed by atoms with Crippen LogP contribution >= 0.6 is 0 Å². The van der Waals surface area contributed by atoms with Gasteiger partial charge in [0.2, 0.25) is 5.91 Å². The summed E-state index contributed by atoms with van der Waals surface area (Å²) in [6.45, 7) is 0. The highest BCUT2D eigenvalue weighted by atomic mass is 16.1. The second-order valence-electron chi connectivity index (χ2n) is 4.12. The van der Waals surface area contributed by atoms with E-state index < -0.39 is 0 Å². The Labute approximate surface area is 98.0 Å². The fourth-order valence-electron chi connectivity index (χ4n) is 2.25. The highest BCUT2D eigenvalue weighted by molar-refractivity contribution is 5.95. The number of nitrogens with two attached hydrogens (primary N) is 1. The molecule has 5 heteroatoms. The van der Waals surface area contributed by atoms with Crippen molar-refractivity contribution in [1.82, 2.24) is 10.2 Å². The molecule has 0 bridgehead atoms. The number of anilines is 2. The Morgan fingerprint density at radius 1 is 1.29 bits per heavy atom. The van der Waals surface area contributed by atoms with Crippen molar-refractivity contribution in [3.8, 4) is 0 Å². The van der Waals surface area contributed by atoms with Gasteiger partial charge in [-0.3, -0.25) is 9.89 Å². The highest BCUT2D eigenvalue weighted by Gasteiger charge is 2.30. The molecule has 0 radical (unpaired) electrons. The molecule has 1 aromatic carbocycles. The van der Waals surface area contributed by atoms with Crippen LogP contribution in [0.4, 0.5) is 11.6 Å². The summed E-state index contributed by atoms with van der Waals surface area (Å²) < 4.78 is 0. The first-order valence-electron chi connectivity index (χ1n) is 5.44. The number of carbonyl (C=O) groups is 1. The fraction of sp³-hybridized carbons (Fsp3) is 0.167. The molecular formula is C12H12N4O. The Morgan fingerprint density at radius 2 is 2.06 bits per heavy atom. The van der Waals surface area contributed by atoms with E-state index in [9.17, 15) is 4.79 Å². The maximum Gasteiger partial charge on any atom is 0.226 e. The number of nitrogen functional groups attached to an aromatic ring is 1. The van der Waals surface area contributed by atoms with Crippen LogP contribution in [0.25, 0.3) is 0 Å². The van der Waals surface area contributed by atoms with E-state index in [0.717, 1.165) is 11.1 Å². The molecule has 1 atom stereocenters.